The van der Waals surface area contributed by atoms with Gasteiger partial charge in [0.15, 0.2) is 0 Å². The molecule has 1 aliphatic rings. The lowest BCUT2D eigenvalue weighted by Gasteiger charge is -2.32. The van der Waals surface area contributed by atoms with Gasteiger partial charge in [0.1, 0.15) is 0 Å². The van der Waals surface area contributed by atoms with Gasteiger partial charge in [0.25, 0.3) is 0 Å². The molecule has 2 rings (SSSR count). The summed E-state index contributed by atoms with van der Waals surface area (Å²) in [5.41, 5.74) is -0.172. The third-order valence-corrected chi connectivity index (χ3v) is 4.22. The fourth-order valence-electron chi connectivity index (χ4n) is 2.19. The van der Waals surface area contributed by atoms with Crippen molar-refractivity contribution in [3.63, 3.8) is 0 Å². The topological polar surface area (TPSA) is 94.1 Å². The molecule has 0 unspecified atom stereocenters. The van der Waals surface area contributed by atoms with E-state index in [1.54, 1.807) is 6.07 Å². The van der Waals surface area contributed by atoms with Crippen molar-refractivity contribution in [2.45, 2.75) is 38.9 Å². The average Bonchev–Trinajstić information content (AvgIpc) is 2.66. The molecule has 0 aliphatic carbocycles. The second kappa shape index (κ2) is 5.86. The van der Waals surface area contributed by atoms with Crippen LogP contribution in [0.15, 0.2) is 18.2 Å². The molecule has 8 heteroatoms. The van der Waals surface area contributed by atoms with Crippen LogP contribution in [-0.4, -0.2) is 42.6 Å². The van der Waals surface area contributed by atoms with E-state index in [-0.39, 0.29) is 11.3 Å². The summed E-state index contributed by atoms with van der Waals surface area (Å²) in [7, 11) is 0.580. The van der Waals surface area contributed by atoms with Crippen LogP contribution in [0.5, 0.6) is 0 Å². The van der Waals surface area contributed by atoms with Gasteiger partial charge in [-0.1, -0.05) is 6.07 Å². The second-order valence-electron chi connectivity index (χ2n) is 6.32. The number of benzene rings is 1. The highest BCUT2D eigenvalue weighted by atomic mass is 16.7. The number of nitrogens with one attached hydrogen (secondary N) is 1. The van der Waals surface area contributed by atoms with E-state index >= 15 is 0 Å². The molecule has 0 saturated carbocycles. The molecule has 1 amide bonds. The molecular weight excluding hydrogens is 301 g/mol. The molecule has 1 saturated heterocycles. The zero-order valence-corrected chi connectivity index (χ0v) is 13.8. The monoisotopic (exact) mass is 321 g/mol. The Labute approximate surface area is 135 Å². The number of carbonyl (C=O) groups excluding carboxylic acids is 1. The molecular formula is C15H20BNO6. The number of amides is 1. The molecule has 1 heterocycles. The number of carboxylic acid groups (broad SMARTS) is 1. The van der Waals surface area contributed by atoms with E-state index in [1.165, 1.54) is 19.2 Å². The molecule has 7 nitrogen and oxygen atoms in total. The van der Waals surface area contributed by atoms with E-state index in [4.69, 9.17) is 19.2 Å². The Balaban J connectivity index is 2.38. The molecule has 2 N–H and O–H groups in total. The van der Waals surface area contributed by atoms with E-state index in [9.17, 15) is 9.59 Å². The third kappa shape index (κ3) is 3.33. The van der Waals surface area contributed by atoms with Crippen LogP contribution in [0.2, 0.25) is 0 Å². The lowest BCUT2D eigenvalue weighted by molar-refractivity contribution is 0.00578. The summed E-state index contributed by atoms with van der Waals surface area (Å²) in [6.07, 6.45) is -1.27. The number of ether oxygens (including phenoxy) is 1. The van der Waals surface area contributed by atoms with Gasteiger partial charge >= 0.3 is 19.2 Å². The Morgan fingerprint density at radius 2 is 1.74 bits per heavy atom. The molecule has 124 valence electrons. The molecule has 1 aliphatic heterocycles. The van der Waals surface area contributed by atoms with E-state index in [2.05, 4.69) is 5.32 Å². The Morgan fingerprint density at radius 1 is 1.17 bits per heavy atom. The molecule has 0 spiro atoms. The highest BCUT2D eigenvalue weighted by molar-refractivity contribution is 6.62. The van der Waals surface area contributed by atoms with Crippen molar-refractivity contribution in [1.82, 2.24) is 0 Å². The minimum absolute atomic E-state index is 0.0992. The van der Waals surface area contributed by atoms with E-state index < -0.39 is 30.4 Å². The molecule has 1 fully saturated rings. The predicted molar refractivity (Wildman–Crippen MR) is 85.1 cm³/mol. The lowest BCUT2D eigenvalue weighted by atomic mass is 9.78. The van der Waals surface area contributed by atoms with Crippen molar-refractivity contribution in [1.29, 1.82) is 0 Å². The summed E-state index contributed by atoms with van der Waals surface area (Å²) in [4.78, 5) is 22.7. The molecule has 0 aromatic heterocycles. The van der Waals surface area contributed by atoms with Crippen LogP contribution >= 0.6 is 0 Å². The van der Waals surface area contributed by atoms with Crippen LogP contribution in [0.4, 0.5) is 10.5 Å². The van der Waals surface area contributed by atoms with Gasteiger partial charge in [-0.15, -0.1) is 0 Å². The summed E-state index contributed by atoms with van der Waals surface area (Å²) in [5.74, 6) is -0.646. The zero-order valence-electron chi connectivity index (χ0n) is 13.8. The molecule has 0 atom stereocenters. The van der Waals surface area contributed by atoms with Crippen LogP contribution in [0, 0.1) is 0 Å². The Kier molecular flexibility index (Phi) is 4.41. The highest BCUT2D eigenvalue weighted by Crippen LogP contribution is 2.36. The third-order valence-electron chi connectivity index (χ3n) is 4.22. The minimum Gasteiger partial charge on any atom is -0.465 e. The summed E-state index contributed by atoms with van der Waals surface area (Å²) >= 11 is 0. The van der Waals surface area contributed by atoms with Crippen LogP contribution in [0.25, 0.3) is 0 Å². The standard InChI is InChI=1S/C15H20BNO6/c1-14(2)15(3,4)23-16(22-14)9-6-7-11(17-13(19)20)10(8-9)12(18)21-5/h6-8,17H,1-5H3,(H,19,20). The fourth-order valence-corrected chi connectivity index (χ4v) is 2.19. The van der Waals surface area contributed by atoms with Crippen LogP contribution in [0.3, 0.4) is 0 Å². The predicted octanol–water partition coefficient (Wildman–Crippen LogP) is 1.86. The smallest absolute Gasteiger partial charge is 0.465 e. The summed E-state index contributed by atoms with van der Waals surface area (Å²) in [5, 5.41) is 11.0. The number of carbonyl (C=O) groups is 2. The Bertz CT molecular complexity index is 627. The van der Waals surface area contributed by atoms with Gasteiger partial charge in [-0.3, -0.25) is 5.32 Å². The van der Waals surface area contributed by atoms with Crippen molar-refractivity contribution in [2.24, 2.45) is 0 Å². The number of esters is 1. The van der Waals surface area contributed by atoms with Crippen LogP contribution < -0.4 is 10.8 Å². The largest absolute Gasteiger partial charge is 0.494 e. The van der Waals surface area contributed by atoms with Gasteiger partial charge in [0.2, 0.25) is 0 Å². The van der Waals surface area contributed by atoms with Gasteiger partial charge < -0.3 is 19.2 Å². The Hall–Kier alpha value is -2.06. The maximum absolute atomic E-state index is 11.9. The highest BCUT2D eigenvalue weighted by Gasteiger charge is 2.51. The average molecular weight is 321 g/mol. The van der Waals surface area contributed by atoms with Gasteiger partial charge in [-0.05, 0) is 45.3 Å². The molecule has 0 bridgehead atoms. The zero-order chi connectivity index (χ0) is 17.4. The van der Waals surface area contributed by atoms with Gasteiger partial charge in [0, 0.05) is 0 Å². The lowest BCUT2D eigenvalue weighted by Crippen LogP contribution is -2.41. The fraction of sp³-hybridized carbons (Fsp3) is 0.467. The number of anilines is 1. The van der Waals surface area contributed by atoms with Gasteiger partial charge in [0.05, 0.1) is 29.6 Å². The van der Waals surface area contributed by atoms with E-state index in [1.807, 2.05) is 27.7 Å². The molecule has 1 aromatic rings. The van der Waals surface area contributed by atoms with Crippen LogP contribution in [-0.2, 0) is 14.0 Å². The Morgan fingerprint density at radius 3 is 2.22 bits per heavy atom. The first kappa shape index (κ1) is 17.3. The van der Waals surface area contributed by atoms with Crippen LogP contribution in [0.1, 0.15) is 38.1 Å². The summed E-state index contributed by atoms with van der Waals surface area (Å²) < 4.78 is 16.6. The van der Waals surface area contributed by atoms with Crippen molar-refractivity contribution in [3.8, 4) is 0 Å². The second-order valence-corrected chi connectivity index (χ2v) is 6.32. The maximum Gasteiger partial charge on any atom is 0.494 e. The molecule has 1 aromatic carbocycles. The summed E-state index contributed by atoms with van der Waals surface area (Å²) in [6.45, 7) is 7.70. The van der Waals surface area contributed by atoms with E-state index in [0.29, 0.717) is 5.46 Å². The molecule has 23 heavy (non-hydrogen) atoms. The van der Waals surface area contributed by atoms with Crippen molar-refractivity contribution in [3.05, 3.63) is 23.8 Å². The van der Waals surface area contributed by atoms with Crippen molar-refractivity contribution >= 4 is 30.3 Å². The minimum atomic E-state index is -1.27. The first-order valence-corrected chi connectivity index (χ1v) is 7.15. The first-order chi connectivity index (χ1) is 10.6. The van der Waals surface area contributed by atoms with Gasteiger partial charge in [-0.2, -0.15) is 0 Å². The number of methoxy groups -OCH3 is 1. The normalized spacial score (nSPS) is 18.6. The van der Waals surface area contributed by atoms with Crippen molar-refractivity contribution < 1.29 is 28.7 Å². The molecule has 0 radical (unpaired) electrons. The van der Waals surface area contributed by atoms with E-state index in [0.717, 1.165) is 0 Å². The summed E-state index contributed by atoms with van der Waals surface area (Å²) in [6, 6.07) is 4.65. The number of hydrogen-bond donors (Lipinski definition) is 2. The quantitative estimate of drug-likeness (QED) is 0.652. The SMILES string of the molecule is COC(=O)c1cc(B2OC(C)(C)C(C)(C)O2)ccc1NC(=O)O. The first-order valence-electron chi connectivity index (χ1n) is 7.15. The number of hydrogen-bond acceptors (Lipinski definition) is 5. The number of rotatable bonds is 3. The van der Waals surface area contributed by atoms with Gasteiger partial charge in [-0.25, -0.2) is 9.59 Å². The maximum atomic E-state index is 11.9. The van der Waals surface area contributed by atoms with Crippen molar-refractivity contribution in [2.75, 3.05) is 12.4 Å².